The van der Waals surface area contributed by atoms with E-state index in [0.717, 1.165) is 12.2 Å². The molecule has 1 aliphatic heterocycles. The van der Waals surface area contributed by atoms with E-state index >= 15 is 0 Å². The largest absolute Gasteiger partial charge is 0.545 e. The summed E-state index contributed by atoms with van der Waals surface area (Å²) in [6.07, 6.45) is 1.73. The molecule has 0 bridgehead atoms. The van der Waals surface area contributed by atoms with Crippen molar-refractivity contribution in [2.24, 2.45) is 0 Å². The van der Waals surface area contributed by atoms with Gasteiger partial charge in [-0.2, -0.15) is 0 Å². The van der Waals surface area contributed by atoms with Crippen LogP contribution < -0.4 is 5.11 Å². The van der Waals surface area contributed by atoms with Gasteiger partial charge in [0.2, 0.25) is 5.91 Å². The lowest BCUT2D eigenvalue weighted by atomic mass is 10.3. The number of nitrogens with zero attached hydrogens (tertiary/aromatic N) is 1. The number of hydrogen-bond donors (Lipinski definition) is 0. The zero-order valence-electron chi connectivity index (χ0n) is 7.06. The third-order valence-corrected chi connectivity index (χ3v) is 1.68. The molecule has 1 saturated heterocycles. The standard InChI is InChI=1S/C8H11NO4/c10-7(1-2-8(11)12)9-3-5-13-6-4-9/h1-2H,3-6H2,(H,11,12)/p-1/b2-1-. The Bertz CT molecular complexity index is 230. The maximum atomic E-state index is 11.2. The van der Waals surface area contributed by atoms with Crippen LogP contribution in [0.3, 0.4) is 0 Å². The van der Waals surface area contributed by atoms with Crippen molar-refractivity contribution in [2.75, 3.05) is 26.3 Å². The van der Waals surface area contributed by atoms with E-state index in [1.54, 1.807) is 0 Å². The molecule has 0 saturated carbocycles. The van der Waals surface area contributed by atoms with Gasteiger partial charge in [0.15, 0.2) is 0 Å². The third kappa shape index (κ3) is 3.25. The Balaban J connectivity index is 2.41. The lowest BCUT2D eigenvalue weighted by Gasteiger charge is -2.25. The van der Waals surface area contributed by atoms with Gasteiger partial charge in [-0.15, -0.1) is 0 Å². The van der Waals surface area contributed by atoms with Crippen molar-refractivity contribution in [2.45, 2.75) is 0 Å². The second kappa shape index (κ2) is 4.61. The number of hydrogen-bond acceptors (Lipinski definition) is 4. The first kappa shape index (κ1) is 9.73. The maximum absolute atomic E-state index is 11.2. The molecule has 5 heteroatoms. The first-order chi connectivity index (χ1) is 6.20. The summed E-state index contributed by atoms with van der Waals surface area (Å²) in [7, 11) is 0. The van der Waals surface area contributed by atoms with Crippen LogP contribution in [-0.2, 0) is 14.3 Å². The number of amides is 1. The van der Waals surface area contributed by atoms with Crippen LogP contribution in [0.2, 0.25) is 0 Å². The molecule has 72 valence electrons. The second-order valence-electron chi connectivity index (χ2n) is 2.59. The molecule has 0 aromatic heterocycles. The minimum atomic E-state index is -1.36. The van der Waals surface area contributed by atoms with E-state index in [1.165, 1.54) is 4.90 Å². The Labute approximate surface area is 75.6 Å². The van der Waals surface area contributed by atoms with Crippen molar-refractivity contribution in [3.8, 4) is 0 Å². The van der Waals surface area contributed by atoms with Crippen LogP contribution in [0.4, 0.5) is 0 Å². The summed E-state index contributed by atoms with van der Waals surface area (Å²) in [4.78, 5) is 22.7. The fourth-order valence-corrected chi connectivity index (χ4v) is 1.03. The second-order valence-corrected chi connectivity index (χ2v) is 2.59. The Hall–Kier alpha value is -1.36. The van der Waals surface area contributed by atoms with Crippen LogP contribution in [0.5, 0.6) is 0 Å². The molecule has 1 amide bonds. The molecule has 13 heavy (non-hydrogen) atoms. The topological polar surface area (TPSA) is 69.7 Å². The lowest BCUT2D eigenvalue weighted by Crippen LogP contribution is -2.40. The zero-order valence-corrected chi connectivity index (χ0v) is 7.06. The summed E-state index contributed by atoms with van der Waals surface area (Å²) in [6.45, 7) is 2.03. The molecule has 1 fully saturated rings. The van der Waals surface area contributed by atoms with Crippen LogP contribution in [0.15, 0.2) is 12.2 Å². The average Bonchev–Trinajstić information content (AvgIpc) is 2.15. The molecule has 1 aliphatic rings. The third-order valence-electron chi connectivity index (χ3n) is 1.68. The lowest BCUT2D eigenvalue weighted by molar-refractivity contribution is -0.297. The van der Waals surface area contributed by atoms with E-state index in [2.05, 4.69) is 0 Å². The smallest absolute Gasteiger partial charge is 0.246 e. The van der Waals surface area contributed by atoms with E-state index in [4.69, 9.17) is 4.74 Å². The van der Waals surface area contributed by atoms with Crippen molar-refractivity contribution in [3.63, 3.8) is 0 Å². The van der Waals surface area contributed by atoms with Gasteiger partial charge in [0.25, 0.3) is 0 Å². The fraction of sp³-hybridized carbons (Fsp3) is 0.500. The van der Waals surface area contributed by atoms with Gasteiger partial charge < -0.3 is 19.5 Å². The minimum Gasteiger partial charge on any atom is -0.545 e. The van der Waals surface area contributed by atoms with Crippen molar-refractivity contribution in [1.29, 1.82) is 0 Å². The van der Waals surface area contributed by atoms with Crippen LogP contribution in [-0.4, -0.2) is 43.1 Å². The average molecular weight is 184 g/mol. The zero-order chi connectivity index (χ0) is 9.68. The number of carbonyl (C=O) groups is 2. The Morgan fingerprint density at radius 1 is 1.23 bits per heavy atom. The van der Waals surface area contributed by atoms with Crippen LogP contribution in [0.25, 0.3) is 0 Å². The molecule has 0 aromatic carbocycles. The normalized spacial score (nSPS) is 17.7. The molecule has 1 heterocycles. The Morgan fingerprint density at radius 2 is 1.85 bits per heavy atom. The Morgan fingerprint density at radius 3 is 2.38 bits per heavy atom. The first-order valence-corrected chi connectivity index (χ1v) is 3.96. The summed E-state index contributed by atoms with van der Waals surface area (Å²) in [5, 5.41) is 9.99. The predicted octanol–water partition coefficient (Wildman–Crippen LogP) is -1.85. The summed E-state index contributed by atoms with van der Waals surface area (Å²) in [5.74, 6) is -1.67. The molecular weight excluding hydrogens is 174 g/mol. The molecule has 0 N–H and O–H groups in total. The van der Waals surface area contributed by atoms with Gasteiger partial charge >= 0.3 is 0 Å². The molecule has 0 radical (unpaired) electrons. The highest BCUT2D eigenvalue weighted by Crippen LogP contribution is 1.97. The number of aliphatic carboxylic acids is 1. The van der Waals surface area contributed by atoms with Crippen molar-refractivity contribution in [3.05, 3.63) is 12.2 Å². The highest BCUT2D eigenvalue weighted by Gasteiger charge is 2.13. The van der Waals surface area contributed by atoms with Gasteiger partial charge in [0, 0.05) is 19.2 Å². The van der Waals surface area contributed by atoms with Crippen molar-refractivity contribution >= 4 is 11.9 Å². The van der Waals surface area contributed by atoms with Crippen molar-refractivity contribution < 1.29 is 19.4 Å². The molecule has 0 aromatic rings. The number of morpholine rings is 1. The number of carboxylic acid groups (broad SMARTS) is 1. The van der Waals surface area contributed by atoms with Crippen LogP contribution in [0.1, 0.15) is 0 Å². The predicted molar refractivity (Wildman–Crippen MR) is 41.5 cm³/mol. The summed E-state index contributed by atoms with van der Waals surface area (Å²) in [6, 6.07) is 0. The monoisotopic (exact) mass is 184 g/mol. The van der Waals surface area contributed by atoms with E-state index in [1.807, 2.05) is 0 Å². The quantitative estimate of drug-likeness (QED) is 0.472. The molecule has 0 atom stereocenters. The minimum absolute atomic E-state index is 0.312. The summed E-state index contributed by atoms with van der Waals surface area (Å²) >= 11 is 0. The van der Waals surface area contributed by atoms with E-state index < -0.39 is 5.97 Å². The van der Waals surface area contributed by atoms with Gasteiger partial charge in [-0.1, -0.05) is 0 Å². The molecule has 0 aliphatic carbocycles. The van der Waals surface area contributed by atoms with Gasteiger partial charge in [-0.25, -0.2) is 0 Å². The van der Waals surface area contributed by atoms with E-state index in [-0.39, 0.29) is 5.91 Å². The van der Waals surface area contributed by atoms with Gasteiger partial charge in [0.1, 0.15) is 0 Å². The van der Waals surface area contributed by atoms with Crippen LogP contribution in [0, 0.1) is 0 Å². The highest BCUT2D eigenvalue weighted by atomic mass is 16.5. The van der Waals surface area contributed by atoms with Gasteiger partial charge in [-0.3, -0.25) is 4.79 Å². The number of rotatable bonds is 2. The van der Waals surface area contributed by atoms with Gasteiger partial charge in [0.05, 0.1) is 19.2 Å². The van der Waals surface area contributed by atoms with Crippen molar-refractivity contribution in [1.82, 2.24) is 4.90 Å². The summed E-state index contributed by atoms with van der Waals surface area (Å²) < 4.78 is 5.03. The molecule has 0 spiro atoms. The van der Waals surface area contributed by atoms with E-state index in [0.29, 0.717) is 26.3 Å². The number of carboxylic acids is 1. The fourth-order valence-electron chi connectivity index (χ4n) is 1.03. The molecule has 0 unspecified atom stereocenters. The Kier molecular flexibility index (Phi) is 3.45. The molecule has 5 nitrogen and oxygen atoms in total. The maximum Gasteiger partial charge on any atom is 0.246 e. The molecule has 1 rings (SSSR count). The SMILES string of the molecule is O=C([O-])/C=C\C(=O)N1CCOCC1. The summed E-state index contributed by atoms with van der Waals surface area (Å²) in [5.41, 5.74) is 0. The highest BCUT2D eigenvalue weighted by molar-refractivity contribution is 5.93. The van der Waals surface area contributed by atoms with E-state index in [9.17, 15) is 14.7 Å². The first-order valence-electron chi connectivity index (χ1n) is 3.96. The molecular formula is C8H10NO4-. The number of carbonyl (C=O) groups excluding carboxylic acids is 2. The van der Waals surface area contributed by atoms with Crippen LogP contribution >= 0.6 is 0 Å². The van der Waals surface area contributed by atoms with Gasteiger partial charge in [-0.05, 0) is 6.08 Å². The number of ether oxygens (including phenoxy) is 1.